The van der Waals surface area contributed by atoms with Gasteiger partial charge in [0.1, 0.15) is 0 Å². The first-order valence-corrected chi connectivity index (χ1v) is 5.86. The minimum Gasteiger partial charge on any atom is -0.0654 e. The summed E-state index contributed by atoms with van der Waals surface area (Å²) in [6, 6.07) is 0. The molecule has 1 aliphatic rings. The zero-order valence-electron chi connectivity index (χ0n) is 8.81. The van der Waals surface area contributed by atoms with Gasteiger partial charge in [-0.3, -0.25) is 0 Å². The van der Waals surface area contributed by atoms with E-state index in [0.717, 1.165) is 11.8 Å². The molecule has 0 aliphatic heterocycles. The van der Waals surface area contributed by atoms with Crippen molar-refractivity contribution in [2.45, 2.75) is 65.2 Å². The van der Waals surface area contributed by atoms with E-state index < -0.39 is 0 Å². The molecule has 72 valence electrons. The van der Waals surface area contributed by atoms with Gasteiger partial charge in [-0.1, -0.05) is 65.2 Å². The van der Waals surface area contributed by atoms with E-state index in [0.29, 0.717) is 0 Å². The maximum atomic E-state index is 2.35. The van der Waals surface area contributed by atoms with Crippen molar-refractivity contribution in [2.75, 3.05) is 0 Å². The Labute approximate surface area is 77.7 Å². The maximum Gasteiger partial charge on any atom is -0.0414 e. The standard InChI is InChI=1S/C12H24/c1-3-5-6-11(4-2)7-8-12-9-10-12/h11-12H,3-10H2,1-2H3. The van der Waals surface area contributed by atoms with E-state index in [-0.39, 0.29) is 0 Å². The fraction of sp³-hybridized carbons (Fsp3) is 1.00. The SMILES string of the molecule is CCCCC(CC)CCC1CC1. The average Bonchev–Trinajstić information content (AvgIpc) is 2.89. The first kappa shape index (κ1) is 10.1. The summed E-state index contributed by atoms with van der Waals surface area (Å²) in [6.07, 6.45) is 11.8. The monoisotopic (exact) mass is 168 g/mol. The second-order valence-corrected chi connectivity index (χ2v) is 4.44. The lowest BCUT2D eigenvalue weighted by atomic mass is 9.93. The highest BCUT2D eigenvalue weighted by Crippen LogP contribution is 2.35. The van der Waals surface area contributed by atoms with E-state index in [2.05, 4.69) is 13.8 Å². The largest absolute Gasteiger partial charge is 0.0654 e. The van der Waals surface area contributed by atoms with Gasteiger partial charge in [-0.25, -0.2) is 0 Å². The average molecular weight is 168 g/mol. The van der Waals surface area contributed by atoms with Gasteiger partial charge in [-0.15, -0.1) is 0 Å². The quantitative estimate of drug-likeness (QED) is 0.529. The molecule has 1 atom stereocenters. The fourth-order valence-electron chi connectivity index (χ4n) is 1.92. The first-order chi connectivity index (χ1) is 5.86. The highest BCUT2D eigenvalue weighted by molar-refractivity contribution is 4.74. The molecule has 0 amide bonds. The van der Waals surface area contributed by atoms with Crippen LogP contribution >= 0.6 is 0 Å². The Morgan fingerprint density at radius 3 is 2.42 bits per heavy atom. The molecule has 0 aromatic carbocycles. The van der Waals surface area contributed by atoms with Gasteiger partial charge in [-0.2, -0.15) is 0 Å². The lowest BCUT2D eigenvalue weighted by Crippen LogP contribution is -1.99. The highest BCUT2D eigenvalue weighted by Gasteiger charge is 2.21. The summed E-state index contributed by atoms with van der Waals surface area (Å²) in [6.45, 7) is 4.65. The molecule has 1 unspecified atom stereocenters. The Morgan fingerprint density at radius 1 is 1.17 bits per heavy atom. The molecule has 0 N–H and O–H groups in total. The molecule has 0 bridgehead atoms. The topological polar surface area (TPSA) is 0 Å². The van der Waals surface area contributed by atoms with Crippen molar-refractivity contribution in [3.05, 3.63) is 0 Å². The lowest BCUT2D eigenvalue weighted by Gasteiger charge is -2.13. The summed E-state index contributed by atoms with van der Waals surface area (Å²) in [5.74, 6) is 2.19. The van der Waals surface area contributed by atoms with Gasteiger partial charge in [0, 0.05) is 0 Å². The third-order valence-electron chi connectivity index (χ3n) is 3.22. The Hall–Kier alpha value is 0. The molecule has 0 aromatic rings. The fourth-order valence-corrected chi connectivity index (χ4v) is 1.92. The molecule has 1 fully saturated rings. The van der Waals surface area contributed by atoms with Crippen molar-refractivity contribution in [2.24, 2.45) is 11.8 Å². The summed E-state index contributed by atoms with van der Waals surface area (Å²) in [7, 11) is 0. The predicted octanol–water partition coefficient (Wildman–Crippen LogP) is 4.39. The molecule has 1 aliphatic carbocycles. The lowest BCUT2D eigenvalue weighted by molar-refractivity contribution is 0.400. The Bertz CT molecular complexity index is 103. The maximum absolute atomic E-state index is 2.35. The Kier molecular flexibility index (Phi) is 4.72. The van der Waals surface area contributed by atoms with Crippen LogP contribution in [0.2, 0.25) is 0 Å². The minimum atomic E-state index is 1.05. The van der Waals surface area contributed by atoms with Crippen molar-refractivity contribution in [1.29, 1.82) is 0 Å². The van der Waals surface area contributed by atoms with E-state index in [9.17, 15) is 0 Å². The number of unbranched alkanes of at least 4 members (excludes halogenated alkanes) is 1. The van der Waals surface area contributed by atoms with Crippen molar-refractivity contribution in [3.8, 4) is 0 Å². The van der Waals surface area contributed by atoms with Gasteiger partial charge >= 0.3 is 0 Å². The summed E-state index contributed by atoms with van der Waals surface area (Å²) in [5, 5.41) is 0. The van der Waals surface area contributed by atoms with Crippen molar-refractivity contribution < 1.29 is 0 Å². The van der Waals surface area contributed by atoms with Crippen LogP contribution in [0.1, 0.15) is 65.2 Å². The van der Waals surface area contributed by atoms with Crippen LogP contribution in [0, 0.1) is 11.8 Å². The number of hydrogen-bond acceptors (Lipinski definition) is 0. The van der Waals surface area contributed by atoms with E-state index in [1.165, 1.54) is 51.4 Å². The molecule has 12 heavy (non-hydrogen) atoms. The number of hydrogen-bond donors (Lipinski definition) is 0. The van der Waals surface area contributed by atoms with E-state index >= 15 is 0 Å². The van der Waals surface area contributed by atoms with Crippen molar-refractivity contribution in [1.82, 2.24) is 0 Å². The van der Waals surface area contributed by atoms with Gasteiger partial charge in [0.05, 0.1) is 0 Å². The van der Waals surface area contributed by atoms with Crippen LogP contribution in [0.5, 0.6) is 0 Å². The van der Waals surface area contributed by atoms with Gasteiger partial charge in [0.15, 0.2) is 0 Å². The van der Waals surface area contributed by atoms with Crippen LogP contribution in [-0.2, 0) is 0 Å². The second-order valence-electron chi connectivity index (χ2n) is 4.44. The molecule has 0 heterocycles. The van der Waals surface area contributed by atoms with Crippen molar-refractivity contribution in [3.63, 3.8) is 0 Å². The molecule has 1 rings (SSSR count). The molecule has 0 spiro atoms. The molecule has 0 radical (unpaired) electrons. The van der Waals surface area contributed by atoms with Crippen molar-refractivity contribution >= 4 is 0 Å². The Balaban J connectivity index is 1.98. The molecule has 0 nitrogen and oxygen atoms in total. The summed E-state index contributed by atoms with van der Waals surface area (Å²) in [5.41, 5.74) is 0. The summed E-state index contributed by atoms with van der Waals surface area (Å²) in [4.78, 5) is 0. The predicted molar refractivity (Wildman–Crippen MR) is 55.3 cm³/mol. The van der Waals surface area contributed by atoms with Gasteiger partial charge in [0.2, 0.25) is 0 Å². The number of rotatable bonds is 7. The molecule has 0 saturated heterocycles. The third-order valence-corrected chi connectivity index (χ3v) is 3.22. The van der Waals surface area contributed by atoms with E-state index in [1.807, 2.05) is 0 Å². The molecule has 1 saturated carbocycles. The molecular weight excluding hydrogens is 144 g/mol. The second kappa shape index (κ2) is 5.61. The van der Waals surface area contributed by atoms with E-state index in [4.69, 9.17) is 0 Å². The van der Waals surface area contributed by atoms with Gasteiger partial charge in [0.25, 0.3) is 0 Å². The zero-order valence-corrected chi connectivity index (χ0v) is 8.81. The van der Waals surface area contributed by atoms with Gasteiger partial charge < -0.3 is 0 Å². The Morgan fingerprint density at radius 2 is 1.92 bits per heavy atom. The summed E-state index contributed by atoms with van der Waals surface area (Å²) >= 11 is 0. The normalized spacial score (nSPS) is 19.5. The summed E-state index contributed by atoms with van der Waals surface area (Å²) < 4.78 is 0. The molecule has 0 aromatic heterocycles. The zero-order chi connectivity index (χ0) is 8.81. The minimum absolute atomic E-state index is 1.05. The van der Waals surface area contributed by atoms with Crippen LogP contribution in [-0.4, -0.2) is 0 Å². The van der Waals surface area contributed by atoms with Crippen LogP contribution in [0.3, 0.4) is 0 Å². The van der Waals surface area contributed by atoms with Crippen LogP contribution < -0.4 is 0 Å². The smallest absolute Gasteiger partial charge is 0.0414 e. The van der Waals surface area contributed by atoms with Gasteiger partial charge in [-0.05, 0) is 11.8 Å². The third kappa shape index (κ3) is 4.13. The molecular formula is C12H24. The highest BCUT2D eigenvalue weighted by atomic mass is 14.3. The van der Waals surface area contributed by atoms with Crippen LogP contribution in [0.15, 0.2) is 0 Å². The first-order valence-electron chi connectivity index (χ1n) is 5.86. The molecule has 0 heteroatoms. The van der Waals surface area contributed by atoms with E-state index in [1.54, 1.807) is 0 Å². The van der Waals surface area contributed by atoms with Crippen LogP contribution in [0.25, 0.3) is 0 Å². The van der Waals surface area contributed by atoms with Crippen LogP contribution in [0.4, 0.5) is 0 Å².